The summed E-state index contributed by atoms with van der Waals surface area (Å²) in [6.45, 7) is 4.74. The van der Waals surface area contributed by atoms with E-state index in [-0.39, 0.29) is 12.1 Å². The van der Waals surface area contributed by atoms with Gasteiger partial charge in [-0.2, -0.15) is 0 Å². The van der Waals surface area contributed by atoms with Gasteiger partial charge in [-0.1, -0.05) is 84.0 Å². The van der Waals surface area contributed by atoms with E-state index in [0.29, 0.717) is 13.0 Å². The number of hydrogen-bond acceptors (Lipinski definition) is 3. The van der Waals surface area contributed by atoms with Gasteiger partial charge in [0.05, 0.1) is 12.7 Å². The summed E-state index contributed by atoms with van der Waals surface area (Å²) in [4.78, 5) is 11.6. The minimum atomic E-state index is -0.0543. The van der Waals surface area contributed by atoms with E-state index in [0.717, 1.165) is 19.3 Å². The first-order valence-electron chi connectivity index (χ1n) is 10.4. The molecule has 0 amide bonds. The quantitative estimate of drug-likeness (QED) is 0.212. The molecule has 144 valence electrons. The molecular formula is C21H42O3. The van der Waals surface area contributed by atoms with Crippen LogP contribution >= 0.6 is 0 Å². The lowest BCUT2D eigenvalue weighted by Gasteiger charge is -2.09. The van der Waals surface area contributed by atoms with Crippen LogP contribution in [0.25, 0.3) is 0 Å². The van der Waals surface area contributed by atoms with Crippen molar-refractivity contribution in [3.05, 3.63) is 0 Å². The largest absolute Gasteiger partial charge is 0.466 e. The summed E-state index contributed by atoms with van der Waals surface area (Å²) in [5.41, 5.74) is 0. The molecule has 1 atom stereocenters. The fourth-order valence-corrected chi connectivity index (χ4v) is 2.82. The highest BCUT2D eigenvalue weighted by atomic mass is 16.5. The molecule has 0 N–H and O–H groups in total. The third kappa shape index (κ3) is 17.8. The van der Waals surface area contributed by atoms with Gasteiger partial charge in [0.1, 0.15) is 0 Å². The molecule has 0 bridgehead atoms. The van der Waals surface area contributed by atoms with Crippen LogP contribution in [0.4, 0.5) is 0 Å². The number of carbonyl (C=O) groups is 1. The zero-order chi connectivity index (χ0) is 17.9. The highest BCUT2D eigenvalue weighted by Crippen LogP contribution is 2.13. The van der Waals surface area contributed by atoms with Gasteiger partial charge < -0.3 is 9.47 Å². The summed E-state index contributed by atoms with van der Waals surface area (Å²) in [5, 5.41) is 0. The Hall–Kier alpha value is -0.570. The molecule has 0 rings (SSSR count). The second-order valence-corrected chi connectivity index (χ2v) is 7.05. The summed E-state index contributed by atoms with van der Waals surface area (Å²) in [5.74, 6) is -0.0543. The average molecular weight is 343 g/mol. The Kier molecular flexibility index (Phi) is 18.3. The van der Waals surface area contributed by atoms with Crippen molar-refractivity contribution in [2.24, 2.45) is 0 Å². The molecule has 3 nitrogen and oxygen atoms in total. The average Bonchev–Trinajstić information content (AvgIpc) is 2.58. The van der Waals surface area contributed by atoms with E-state index in [2.05, 4.69) is 6.92 Å². The molecule has 0 saturated heterocycles. The summed E-state index contributed by atoms with van der Waals surface area (Å²) in [7, 11) is 1.68. The number of methoxy groups -OCH3 is 1. The Labute approximate surface area is 150 Å². The van der Waals surface area contributed by atoms with Gasteiger partial charge in [0.25, 0.3) is 0 Å². The fraction of sp³-hybridized carbons (Fsp3) is 0.952. The van der Waals surface area contributed by atoms with Crippen molar-refractivity contribution in [2.45, 2.75) is 116 Å². The number of carbonyl (C=O) groups excluding carboxylic acids is 1. The van der Waals surface area contributed by atoms with Crippen LogP contribution in [-0.2, 0) is 14.3 Å². The molecule has 0 aliphatic rings. The van der Waals surface area contributed by atoms with E-state index in [4.69, 9.17) is 9.47 Å². The van der Waals surface area contributed by atoms with Gasteiger partial charge in [-0.05, 0) is 13.3 Å². The summed E-state index contributed by atoms with van der Waals surface area (Å²) in [6, 6.07) is 0. The maximum absolute atomic E-state index is 11.6. The summed E-state index contributed by atoms with van der Waals surface area (Å²) in [6.07, 6.45) is 18.8. The van der Waals surface area contributed by atoms with Gasteiger partial charge in [-0.3, -0.25) is 4.79 Å². The van der Waals surface area contributed by atoms with E-state index < -0.39 is 0 Å². The van der Waals surface area contributed by atoms with Crippen LogP contribution in [0.3, 0.4) is 0 Å². The Morgan fingerprint density at radius 1 is 0.792 bits per heavy atom. The maximum atomic E-state index is 11.6. The molecule has 0 aromatic carbocycles. The van der Waals surface area contributed by atoms with Crippen molar-refractivity contribution in [1.82, 2.24) is 0 Å². The predicted octanol–water partition coefficient (Wildman–Crippen LogP) is 6.44. The smallest absolute Gasteiger partial charge is 0.305 e. The molecule has 0 heterocycles. The Bertz CT molecular complexity index is 266. The monoisotopic (exact) mass is 342 g/mol. The van der Waals surface area contributed by atoms with Gasteiger partial charge in [0.15, 0.2) is 0 Å². The topological polar surface area (TPSA) is 35.5 Å². The van der Waals surface area contributed by atoms with E-state index in [1.54, 1.807) is 7.11 Å². The van der Waals surface area contributed by atoms with E-state index in [9.17, 15) is 4.79 Å². The van der Waals surface area contributed by atoms with Gasteiger partial charge in [0.2, 0.25) is 0 Å². The molecular weight excluding hydrogens is 300 g/mol. The summed E-state index contributed by atoms with van der Waals surface area (Å²) < 4.78 is 10.3. The second-order valence-electron chi connectivity index (χ2n) is 7.05. The van der Waals surface area contributed by atoms with Crippen LogP contribution < -0.4 is 0 Å². The van der Waals surface area contributed by atoms with Crippen LogP contribution in [0.1, 0.15) is 110 Å². The van der Waals surface area contributed by atoms with Crippen molar-refractivity contribution in [3.8, 4) is 0 Å². The van der Waals surface area contributed by atoms with Crippen molar-refractivity contribution in [1.29, 1.82) is 0 Å². The SMILES string of the molecule is CCCCCCCCCCCCCCCC(=O)OCCC(C)OC. The molecule has 1 unspecified atom stereocenters. The third-order valence-electron chi connectivity index (χ3n) is 4.67. The minimum absolute atomic E-state index is 0.0543. The predicted molar refractivity (Wildman–Crippen MR) is 102 cm³/mol. The van der Waals surface area contributed by atoms with Crippen LogP contribution in [0, 0.1) is 0 Å². The first-order chi connectivity index (χ1) is 11.7. The van der Waals surface area contributed by atoms with Crippen LogP contribution in [-0.4, -0.2) is 25.8 Å². The van der Waals surface area contributed by atoms with Crippen molar-refractivity contribution in [2.75, 3.05) is 13.7 Å². The Balaban J connectivity index is 3.15. The molecule has 0 fully saturated rings. The Morgan fingerprint density at radius 3 is 1.71 bits per heavy atom. The van der Waals surface area contributed by atoms with Gasteiger partial charge in [-0.25, -0.2) is 0 Å². The number of ether oxygens (including phenoxy) is 2. The molecule has 0 aliphatic heterocycles. The molecule has 0 spiro atoms. The van der Waals surface area contributed by atoms with Gasteiger partial charge >= 0.3 is 5.97 Å². The second kappa shape index (κ2) is 18.8. The zero-order valence-corrected chi connectivity index (χ0v) is 16.6. The molecule has 3 heteroatoms. The Morgan fingerprint density at radius 2 is 1.25 bits per heavy atom. The molecule has 0 aliphatic carbocycles. The third-order valence-corrected chi connectivity index (χ3v) is 4.67. The normalized spacial score (nSPS) is 12.3. The standard InChI is InChI=1S/C21H42O3/c1-4-5-6-7-8-9-10-11-12-13-14-15-16-17-21(22)24-19-18-20(2)23-3/h20H,4-19H2,1-3H3. The highest BCUT2D eigenvalue weighted by Gasteiger charge is 2.04. The number of unbranched alkanes of at least 4 members (excludes halogenated alkanes) is 12. The van der Waals surface area contributed by atoms with Crippen LogP contribution in [0.5, 0.6) is 0 Å². The number of rotatable bonds is 18. The van der Waals surface area contributed by atoms with Crippen molar-refractivity contribution >= 4 is 5.97 Å². The van der Waals surface area contributed by atoms with Crippen LogP contribution in [0.2, 0.25) is 0 Å². The van der Waals surface area contributed by atoms with E-state index in [1.807, 2.05) is 6.92 Å². The molecule has 0 saturated carbocycles. The molecule has 0 aromatic heterocycles. The van der Waals surface area contributed by atoms with Crippen molar-refractivity contribution < 1.29 is 14.3 Å². The number of hydrogen-bond donors (Lipinski definition) is 0. The minimum Gasteiger partial charge on any atom is -0.466 e. The lowest BCUT2D eigenvalue weighted by atomic mass is 10.0. The van der Waals surface area contributed by atoms with Crippen molar-refractivity contribution in [3.63, 3.8) is 0 Å². The van der Waals surface area contributed by atoms with Gasteiger partial charge in [-0.15, -0.1) is 0 Å². The highest BCUT2D eigenvalue weighted by molar-refractivity contribution is 5.69. The molecule has 0 radical (unpaired) electrons. The fourth-order valence-electron chi connectivity index (χ4n) is 2.82. The summed E-state index contributed by atoms with van der Waals surface area (Å²) >= 11 is 0. The first-order valence-corrected chi connectivity index (χ1v) is 10.4. The lowest BCUT2D eigenvalue weighted by Crippen LogP contribution is -2.12. The van der Waals surface area contributed by atoms with E-state index in [1.165, 1.54) is 70.6 Å². The first kappa shape index (κ1) is 23.4. The molecule has 24 heavy (non-hydrogen) atoms. The van der Waals surface area contributed by atoms with Gasteiger partial charge in [0, 0.05) is 20.0 Å². The number of esters is 1. The maximum Gasteiger partial charge on any atom is 0.305 e. The van der Waals surface area contributed by atoms with E-state index >= 15 is 0 Å². The van der Waals surface area contributed by atoms with Crippen LogP contribution in [0.15, 0.2) is 0 Å². The lowest BCUT2D eigenvalue weighted by molar-refractivity contribution is -0.144. The zero-order valence-electron chi connectivity index (χ0n) is 16.6. The molecule has 0 aromatic rings.